The fourth-order valence-electron chi connectivity index (χ4n) is 3.40. The average molecular weight is 484 g/mol. The lowest BCUT2D eigenvalue weighted by Gasteiger charge is -2.06. The minimum atomic E-state index is 0.226. The maximum Gasteiger partial charge on any atom is 0.206 e. The molecule has 6 heteroatoms. The van der Waals surface area contributed by atoms with Crippen molar-refractivity contribution in [2.24, 2.45) is 10.1 Å². The van der Waals surface area contributed by atoms with E-state index in [1.54, 1.807) is 11.3 Å². The summed E-state index contributed by atoms with van der Waals surface area (Å²) in [5, 5.41) is 6.93. The third-order valence-electron chi connectivity index (χ3n) is 5.20. The highest BCUT2D eigenvalue weighted by Crippen LogP contribution is 2.23. The fourth-order valence-corrected chi connectivity index (χ4v) is 4.51. The van der Waals surface area contributed by atoms with E-state index in [-0.39, 0.29) is 6.10 Å². The minimum Gasteiger partial charge on any atom is -0.376 e. The van der Waals surface area contributed by atoms with E-state index in [1.165, 1.54) is 5.56 Å². The van der Waals surface area contributed by atoms with Gasteiger partial charge in [0, 0.05) is 22.0 Å². The first-order valence-electron chi connectivity index (χ1n) is 10.3. The van der Waals surface area contributed by atoms with Crippen molar-refractivity contribution in [2.75, 3.05) is 13.2 Å². The highest BCUT2D eigenvalue weighted by atomic mass is 79.9. The number of aromatic nitrogens is 1. The van der Waals surface area contributed by atoms with Crippen molar-refractivity contribution in [3.8, 4) is 11.3 Å². The van der Waals surface area contributed by atoms with Crippen LogP contribution in [0.4, 0.5) is 0 Å². The van der Waals surface area contributed by atoms with E-state index >= 15 is 0 Å². The fraction of sp³-hybridized carbons (Fsp3) is 0.333. The zero-order chi connectivity index (χ0) is 20.9. The maximum absolute atomic E-state index is 5.74. The predicted octanol–water partition coefficient (Wildman–Crippen LogP) is 6.06. The van der Waals surface area contributed by atoms with Crippen LogP contribution < -0.4 is 4.80 Å². The first kappa shape index (κ1) is 21.2. The van der Waals surface area contributed by atoms with Crippen LogP contribution in [0.5, 0.6) is 0 Å². The molecule has 4 rings (SSSR count). The summed E-state index contributed by atoms with van der Waals surface area (Å²) < 4.78 is 8.74. The number of benzene rings is 2. The van der Waals surface area contributed by atoms with Crippen LogP contribution in [-0.4, -0.2) is 30.1 Å². The SMILES string of the molecule is CC(C)c1ccc(C=Nn2c(-c3ccc(Br)cc3)csc2=NCC2CCCO2)cc1. The van der Waals surface area contributed by atoms with Crippen LogP contribution in [-0.2, 0) is 4.74 Å². The molecule has 4 nitrogen and oxygen atoms in total. The van der Waals surface area contributed by atoms with E-state index in [4.69, 9.17) is 14.8 Å². The van der Waals surface area contributed by atoms with Crippen molar-refractivity contribution in [3.63, 3.8) is 0 Å². The molecule has 3 aromatic rings. The second-order valence-electron chi connectivity index (χ2n) is 7.76. The summed E-state index contributed by atoms with van der Waals surface area (Å²) in [5.74, 6) is 0.523. The van der Waals surface area contributed by atoms with Crippen molar-refractivity contribution in [1.29, 1.82) is 0 Å². The molecule has 2 heterocycles. The highest BCUT2D eigenvalue weighted by Gasteiger charge is 2.15. The summed E-state index contributed by atoms with van der Waals surface area (Å²) in [5.41, 5.74) is 4.55. The molecule has 1 aromatic heterocycles. The summed E-state index contributed by atoms with van der Waals surface area (Å²) >= 11 is 5.13. The quantitative estimate of drug-likeness (QED) is 0.392. The van der Waals surface area contributed by atoms with Crippen LogP contribution >= 0.6 is 27.3 Å². The van der Waals surface area contributed by atoms with Gasteiger partial charge in [-0.2, -0.15) is 5.10 Å². The number of rotatable bonds is 6. The Kier molecular flexibility index (Phi) is 6.97. The molecule has 0 aliphatic carbocycles. The number of nitrogens with zero attached hydrogens (tertiary/aromatic N) is 3. The molecule has 0 radical (unpaired) electrons. The van der Waals surface area contributed by atoms with Gasteiger partial charge in [-0.1, -0.05) is 66.2 Å². The van der Waals surface area contributed by atoms with Crippen LogP contribution in [0.15, 0.2) is 68.5 Å². The molecule has 30 heavy (non-hydrogen) atoms. The van der Waals surface area contributed by atoms with E-state index in [9.17, 15) is 0 Å². The summed E-state index contributed by atoms with van der Waals surface area (Å²) in [4.78, 5) is 5.72. The Hall–Kier alpha value is -2.02. The molecular formula is C24H26BrN3OS. The molecule has 1 aliphatic rings. The smallest absolute Gasteiger partial charge is 0.206 e. The molecule has 1 fully saturated rings. The van der Waals surface area contributed by atoms with Gasteiger partial charge >= 0.3 is 0 Å². The predicted molar refractivity (Wildman–Crippen MR) is 128 cm³/mol. The Balaban J connectivity index is 1.67. The molecule has 0 bridgehead atoms. The third kappa shape index (κ3) is 5.17. The first-order valence-corrected chi connectivity index (χ1v) is 12.0. The Bertz CT molecular complexity index is 1060. The molecule has 0 spiro atoms. The molecule has 1 atom stereocenters. The van der Waals surface area contributed by atoms with Gasteiger partial charge < -0.3 is 4.74 Å². The molecule has 2 aromatic carbocycles. The van der Waals surface area contributed by atoms with Gasteiger partial charge in [-0.15, -0.1) is 11.3 Å². The van der Waals surface area contributed by atoms with Gasteiger partial charge in [0.2, 0.25) is 4.80 Å². The molecule has 1 aliphatic heterocycles. The number of hydrogen-bond donors (Lipinski definition) is 0. The Labute approximate surface area is 190 Å². The summed E-state index contributed by atoms with van der Waals surface area (Å²) in [7, 11) is 0. The zero-order valence-corrected chi connectivity index (χ0v) is 19.7. The minimum absolute atomic E-state index is 0.226. The van der Waals surface area contributed by atoms with E-state index in [2.05, 4.69) is 83.7 Å². The summed E-state index contributed by atoms with van der Waals surface area (Å²) in [6.07, 6.45) is 4.34. The first-order chi connectivity index (χ1) is 14.6. The summed E-state index contributed by atoms with van der Waals surface area (Å²) in [6.45, 7) is 5.94. The van der Waals surface area contributed by atoms with E-state index in [0.717, 1.165) is 45.5 Å². The second kappa shape index (κ2) is 9.86. The molecule has 0 saturated carbocycles. The molecule has 1 saturated heterocycles. The van der Waals surface area contributed by atoms with Crippen LogP contribution in [0, 0.1) is 0 Å². The van der Waals surface area contributed by atoms with E-state index < -0.39 is 0 Å². The van der Waals surface area contributed by atoms with E-state index in [1.807, 2.05) is 10.9 Å². The highest BCUT2D eigenvalue weighted by molar-refractivity contribution is 9.10. The summed E-state index contributed by atoms with van der Waals surface area (Å²) in [6, 6.07) is 16.9. The number of halogens is 1. The number of thiazole rings is 1. The van der Waals surface area contributed by atoms with Gasteiger partial charge in [0.15, 0.2) is 0 Å². The van der Waals surface area contributed by atoms with Gasteiger partial charge in [-0.05, 0) is 42.0 Å². The normalized spacial score (nSPS) is 17.5. The lowest BCUT2D eigenvalue weighted by molar-refractivity contribution is 0.117. The lowest BCUT2D eigenvalue weighted by Crippen LogP contribution is -2.17. The van der Waals surface area contributed by atoms with Crippen molar-refractivity contribution >= 4 is 33.5 Å². The second-order valence-corrected chi connectivity index (χ2v) is 9.52. The number of hydrogen-bond acceptors (Lipinski definition) is 4. The van der Waals surface area contributed by atoms with Crippen molar-refractivity contribution in [3.05, 3.63) is 74.3 Å². The van der Waals surface area contributed by atoms with Crippen LogP contribution in [0.3, 0.4) is 0 Å². The average Bonchev–Trinajstić information content (AvgIpc) is 3.41. The Morgan fingerprint density at radius 3 is 2.60 bits per heavy atom. The van der Waals surface area contributed by atoms with Crippen molar-refractivity contribution in [1.82, 2.24) is 4.68 Å². The topological polar surface area (TPSA) is 38.9 Å². The third-order valence-corrected chi connectivity index (χ3v) is 6.59. The van der Waals surface area contributed by atoms with Crippen LogP contribution in [0.25, 0.3) is 11.3 Å². The molecule has 0 N–H and O–H groups in total. The number of ether oxygens (including phenoxy) is 1. The van der Waals surface area contributed by atoms with E-state index in [0.29, 0.717) is 12.5 Å². The largest absolute Gasteiger partial charge is 0.376 e. The van der Waals surface area contributed by atoms with Gasteiger partial charge in [-0.25, -0.2) is 4.68 Å². The van der Waals surface area contributed by atoms with Gasteiger partial charge in [0.25, 0.3) is 0 Å². The van der Waals surface area contributed by atoms with Crippen molar-refractivity contribution in [2.45, 2.75) is 38.7 Å². The molecular weight excluding hydrogens is 458 g/mol. The molecule has 0 amide bonds. The molecule has 1 unspecified atom stereocenters. The van der Waals surface area contributed by atoms with Crippen LogP contribution in [0.2, 0.25) is 0 Å². The standard InChI is InChI=1S/C24H26BrN3OS/c1-17(2)19-7-5-18(6-8-19)14-27-28-23(20-9-11-21(25)12-10-20)16-30-24(28)26-15-22-4-3-13-29-22/h5-12,14,16-17,22H,3-4,13,15H2,1-2H3. The Morgan fingerprint density at radius 2 is 1.93 bits per heavy atom. The van der Waals surface area contributed by atoms with Crippen molar-refractivity contribution < 1.29 is 4.74 Å². The lowest BCUT2D eigenvalue weighted by atomic mass is 10.0. The Morgan fingerprint density at radius 1 is 1.17 bits per heavy atom. The van der Waals surface area contributed by atoms with Gasteiger partial charge in [0.1, 0.15) is 0 Å². The van der Waals surface area contributed by atoms with Crippen LogP contribution in [0.1, 0.15) is 43.7 Å². The van der Waals surface area contributed by atoms with Gasteiger partial charge in [-0.3, -0.25) is 4.99 Å². The zero-order valence-electron chi connectivity index (χ0n) is 17.3. The molecule has 156 valence electrons. The van der Waals surface area contributed by atoms with Gasteiger partial charge in [0.05, 0.1) is 24.6 Å². The monoisotopic (exact) mass is 483 g/mol. The maximum atomic E-state index is 5.74.